The largest absolute Gasteiger partial charge is 0.497 e. The van der Waals surface area contributed by atoms with E-state index in [1.807, 2.05) is 37.3 Å². The zero-order chi connectivity index (χ0) is 21.3. The third-order valence-electron chi connectivity index (χ3n) is 4.62. The number of nitrogens with one attached hydrogen (secondary N) is 3. The van der Waals surface area contributed by atoms with E-state index >= 15 is 0 Å². The molecule has 2 amide bonds. The van der Waals surface area contributed by atoms with Gasteiger partial charge in [-0.1, -0.05) is 30.3 Å². The van der Waals surface area contributed by atoms with Gasteiger partial charge in [-0.2, -0.15) is 0 Å². The molecule has 1 atom stereocenters. The van der Waals surface area contributed by atoms with Gasteiger partial charge in [0.25, 0.3) is 5.91 Å². The molecule has 154 valence electrons. The molecule has 3 aromatic rings. The van der Waals surface area contributed by atoms with Crippen molar-refractivity contribution in [2.24, 2.45) is 0 Å². The van der Waals surface area contributed by atoms with Gasteiger partial charge in [0.2, 0.25) is 5.91 Å². The standard InChI is InChI=1S/C24H25N3O3/c1-17(18-6-4-3-5-7-18)26-24(29)19-8-10-20(11-9-19)25-16-23(28)27-21-12-14-22(30-2)15-13-21/h3-15,17,25H,16H2,1-2H3,(H,26,29)(H,27,28). The monoisotopic (exact) mass is 403 g/mol. The van der Waals surface area contributed by atoms with Crippen molar-refractivity contribution in [1.29, 1.82) is 0 Å². The summed E-state index contributed by atoms with van der Waals surface area (Å²) in [6.45, 7) is 2.06. The maximum absolute atomic E-state index is 12.5. The molecule has 1 unspecified atom stereocenters. The van der Waals surface area contributed by atoms with Crippen LogP contribution in [0.15, 0.2) is 78.9 Å². The van der Waals surface area contributed by atoms with Crippen molar-refractivity contribution >= 4 is 23.2 Å². The van der Waals surface area contributed by atoms with Gasteiger partial charge in [-0.25, -0.2) is 0 Å². The predicted octanol–water partition coefficient (Wildman–Crippen LogP) is 4.24. The number of hydrogen-bond donors (Lipinski definition) is 3. The van der Waals surface area contributed by atoms with Crippen LogP contribution in [0.4, 0.5) is 11.4 Å². The molecule has 3 rings (SSSR count). The Balaban J connectivity index is 1.48. The minimum atomic E-state index is -0.168. The van der Waals surface area contributed by atoms with Crippen LogP contribution in [0.3, 0.4) is 0 Å². The summed E-state index contributed by atoms with van der Waals surface area (Å²) >= 11 is 0. The lowest BCUT2D eigenvalue weighted by Crippen LogP contribution is -2.26. The second-order valence-corrected chi connectivity index (χ2v) is 6.81. The van der Waals surface area contributed by atoms with Gasteiger partial charge in [-0.05, 0) is 61.0 Å². The van der Waals surface area contributed by atoms with Gasteiger partial charge >= 0.3 is 0 Å². The van der Waals surface area contributed by atoms with E-state index in [1.54, 1.807) is 55.6 Å². The van der Waals surface area contributed by atoms with Crippen molar-refractivity contribution in [3.8, 4) is 5.75 Å². The second-order valence-electron chi connectivity index (χ2n) is 6.81. The Morgan fingerprint density at radius 1 is 0.867 bits per heavy atom. The minimum Gasteiger partial charge on any atom is -0.497 e. The van der Waals surface area contributed by atoms with Gasteiger partial charge in [0, 0.05) is 16.9 Å². The Labute approximate surface area is 176 Å². The van der Waals surface area contributed by atoms with Crippen LogP contribution in [-0.4, -0.2) is 25.5 Å². The zero-order valence-electron chi connectivity index (χ0n) is 17.0. The normalized spacial score (nSPS) is 11.3. The number of carbonyl (C=O) groups is 2. The smallest absolute Gasteiger partial charge is 0.251 e. The molecule has 6 nitrogen and oxygen atoms in total. The quantitative estimate of drug-likeness (QED) is 0.526. The molecular weight excluding hydrogens is 378 g/mol. The third-order valence-corrected chi connectivity index (χ3v) is 4.62. The molecule has 3 N–H and O–H groups in total. The zero-order valence-corrected chi connectivity index (χ0v) is 17.0. The highest BCUT2D eigenvalue weighted by Crippen LogP contribution is 2.16. The molecule has 0 saturated heterocycles. The lowest BCUT2D eigenvalue weighted by atomic mass is 10.1. The van der Waals surface area contributed by atoms with Crippen molar-refractivity contribution < 1.29 is 14.3 Å². The Bertz CT molecular complexity index is 971. The van der Waals surface area contributed by atoms with Crippen molar-refractivity contribution in [2.45, 2.75) is 13.0 Å². The average Bonchev–Trinajstić information content (AvgIpc) is 2.79. The molecule has 30 heavy (non-hydrogen) atoms. The molecule has 0 aromatic heterocycles. The third kappa shape index (κ3) is 5.85. The summed E-state index contributed by atoms with van der Waals surface area (Å²) < 4.78 is 5.10. The van der Waals surface area contributed by atoms with Gasteiger partial charge in [0.05, 0.1) is 19.7 Å². The fourth-order valence-corrected chi connectivity index (χ4v) is 2.91. The first-order valence-corrected chi connectivity index (χ1v) is 9.69. The number of hydrogen-bond acceptors (Lipinski definition) is 4. The number of carbonyl (C=O) groups excluding carboxylic acids is 2. The van der Waals surface area contributed by atoms with Crippen molar-refractivity contribution in [1.82, 2.24) is 5.32 Å². The number of benzene rings is 3. The fourth-order valence-electron chi connectivity index (χ4n) is 2.91. The number of methoxy groups -OCH3 is 1. The van der Waals surface area contributed by atoms with E-state index in [9.17, 15) is 9.59 Å². The van der Waals surface area contributed by atoms with E-state index in [2.05, 4.69) is 16.0 Å². The summed E-state index contributed by atoms with van der Waals surface area (Å²) in [6, 6.07) is 23.9. The SMILES string of the molecule is COc1ccc(NC(=O)CNc2ccc(C(=O)NC(C)c3ccccc3)cc2)cc1. The van der Waals surface area contributed by atoms with E-state index in [4.69, 9.17) is 4.74 Å². The van der Waals surface area contributed by atoms with Gasteiger partial charge < -0.3 is 20.7 Å². The van der Waals surface area contributed by atoms with E-state index in [-0.39, 0.29) is 24.4 Å². The van der Waals surface area contributed by atoms with Crippen LogP contribution in [0.5, 0.6) is 5.75 Å². The van der Waals surface area contributed by atoms with Crippen molar-refractivity contribution in [3.63, 3.8) is 0 Å². The Morgan fingerprint density at radius 3 is 2.13 bits per heavy atom. The molecule has 0 saturated carbocycles. The van der Waals surface area contributed by atoms with Gasteiger partial charge in [-0.3, -0.25) is 9.59 Å². The lowest BCUT2D eigenvalue weighted by Gasteiger charge is -2.14. The molecule has 3 aromatic carbocycles. The second kappa shape index (κ2) is 10.1. The van der Waals surface area contributed by atoms with Gasteiger partial charge in [-0.15, -0.1) is 0 Å². The van der Waals surface area contributed by atoms with Crippen LogP contribution < -0.4 is 20.7 Å². The first-order valence-electron chi connectivity index (χ1n) is 9.69. The topological polar surface area (TPSA) is 79.5 Å². The Morgan fingerprint density at radius 2 is 1.50 bits per heavy atom. The predicted molar refractivity (Wildman–Crippen MR) is 119 cm³/mol. The maximum atomic E-state index is 12.5. The van der Waals surface area contributed by atoms with Crippen LogP contribution >= 0.6 is 0 Å². The first-order chi connectivity index (χ1) is 14.5. The number of rotatable bonds is 8. The molecular formula is C24H25N3O3. The molecule has 0 fully saturated rings. The van der Waals surface area contributed by atoms with Gasteiger partial charge in [0.1, 0.15) is 5.75 Å². The van der Waals surface area contributed by atoms with E-state index in [0.29, 0.717) is 11.3 Å². The van der Waals surface area contributed by atoms with Crippen molar-refractivity contribution in [3.05, 3.63) is 90.0 Å². The molecule has 6 heteroatoms. The first kappa shape index (κ1) is 20.9. The summed E-state index contributed by atoms with van der Waals surface area (Å²) in [5.74, 6) is 0.419. The number of amides is 2. The molecule has 0 bridgehead atoms. The summed E-state index contributed by atoms with van der Waals surface area (Å²) in [5, 5.41) is 8.85. The average molecular weight is 403 g/mol. The highest BCUT2D eigenvalue weighted by Gasteiger charge is 2.11. The molecule has 0 aliphatic heterocycles. The van der Waals surface area contributed by atoms with Crippen LogP contribution in [0.2, 0.25) is 0 Å². The van der Waals surface area contributed by atoms with Crippen molar-refractivity contribution in [2.75, 3.05) is 24.3 Å². The van der Waals surface area contributed by atoms with Crippen LogP contribution in [0, 0.1) is 0 Å². The van der Waals surface area contributed by atoms with Crippen LogP contribution in [0.1, 0.15) is 28.9 Å². The molecule has 0 aliphatic carbocycles. The van der Waals surface area contributed by atoms with Crippen LogP contribution in [-0.2, 0) is 4.79 Å². The van der Waals surface area contributed by atoms with E-state index in [0.717, 1.165) is 17.0 Å². The molecule has 0 spiro atoms. The number of anilines is 2. The van der Waals surface area contributed by atoms with E-state index < -0.39 is 0 Å². The highest BCUT2D eigenvalue weighted by molar-refractivity contribution is 5.95. The maximum Gasteiger partial charge on any atom is 0.251 e. The van der Waals surface area contributed by atoms with Crippen LogP contribution in [0.25, 0.3) is 0 Å². The van der Waals surface area contributed by atoms with E-state index in [1.165, 1.54) is 0 Å². The summed E-state index contributed by atoms with van der Waals surface area (Å²) in [5.41, 5.74) is 3.06. The summed E-state index contributed by atoms with van der Waals surface area (Å²) in [7, 11) is 1.59. The Kier molecular flexibility index (Phi) is 7.05. The lowest BCUT2D eigenvalue weighted by molar-refractivity contribution is -0.114. The van der Waals surface area contributed by atoms with Gasteiger partial charge in [0.15, 0.2) is 0 Å². The molecule has 0 radical (unpaired) electrons. The highest BCUT2D eigenvalue weighted by atomic mass is 16.5. The number of ether oxygens (including phenoxy) is 1. The Hall–Kier alpha value is -3.80. The molecule has 0 aliphatic rings. The minimum absolute atomic E-state index is 0.0850. The molecule has 0 heterocycles. The summed E-state index contributed by atoms with van der Waals surface area (Å²) in [6.07, 6.45) is 0. The fraction of sp³-hybridized carbons (Fsp3) is 0.167. The summed E-state index contributed by atoms with van der Waals surface area (Å²) in [4.78, 5) is 24.6.